The second-order valence-corrected chi connectivity index (χ2v) is 11.7. The first-order chi connectivity index (χ1) is 16.4. The van der Waals surface area contributed by atoms with E-state index in [-0.39, 0.29) is 34.7 Å². The van der Waals surface area contributed by atoms with Gasteiger partial charge >= 0.3 is 6.18 Å². The minimum atomic E-state index is -4.82. The molecular weight excluding hydrogens is 501 g/mol. The summed E-state index contributed by atoms with van der Waals surface area (Å²) >= 11 is 1.15. The van der Waals surface area contributed by atoms with E-state index in [1.165, 1.54) is 28.6 Å². The lowest BCUT2D eigenvalue weighted by Crippen LogP contribution is -2.55. The maximum Gasteiger partial charge on any atom is 0.421 e. The molecule has 4 rings (SSSR count). The van der Waals surface area contributed by atoms with Gasteiger partial charge in [-0.2, -0.15) is 17.5 Å². The zero-order valence-corrected chi connectivity index (χ0v) is 20.4. The Labute approximate surface area is 205 Å². The van der Waals surface area contributed by atoms with E-state index < -0.39 is 21.8 Å². The molecule has 11 heteroatoms. The molecule has 188 valence electrons. The summed E-state index contributed by atoms with van der Waals surface area (Å²) in [6, 6.07) is 15.1. The molecule has 2 aromatic carbocycles. The summed E-state index contributed by atoms with van der Waals surface area (Å²) in [6.07, 6.45) is -4.36. The summed E-state index contributed by atoms with van der Waals surface area (Å²) in [4.78, 5) is 1.97. The fourth-order valence-electron chi connectivity index (χ4n) is 4.14. The molecule has 0 amide bonds. The van der Waals surface area contributed by atoms with E-state index in [9.17, 15) is 31.8 Å². The molecule has 2 atom stereocenters. The number of anilines is 1. The standard InChI is InChI=1S/C24H25F3N2O4S2/c1-23(31,24(25,26)27)18-6-8-19(9-7-18)29-13-12-28(35(32,33)22-3-2-14-34-22)16-20(29)15-17-4-10-21(30)11-5-17/h2-11,14,20,30-31H,12-13,15-16H2,1H3/t20-,23?/m1/s1. The summed E-state index contributed by atoms with van der Waals surface area (Å²) in [7, 11) is -3.67. The van der Waals surface area contributed by atoms with Gasteiger partial charge in [0.25, 0.3) is 10.0 Å². The second kappa shape index (κ2) is 9.45. The zero-order valence-electron chi connectivity index (χ0n) is 18.8. The van der Waals surface area contributed by atoms with Crippen LogP contribution in [0.2, 0.25) is 0 Å². The monoisotopic (exact) mass is 526 g/mol. The van der Waals surface area contributed by atoms with Crippen LogP contribution in [0.25, 0.3) is 0 Å². The molecule has 2 N–H and O–H groups in total. The van der Waals surface area contributed by atoms with Crippen LogP contribution < -0.4 is 4.90 Å². The molecule has 1 aromatic heterocycles. The van der Waals surface area contributed by atoms with E-state index in [1.54, 1.807) is 41.8 Å². The lowest BCUT2D eigenvalue weighted by molar-refractivity contribution is -0.258. The smallest absolute Gasteiger partial charge is 0.421 e. The summed E-state index contributed by atoms with van der Waals surface area (Å²) < 4.78 is 67.7. The number of phenolic OH excluding ortho intramolecular Hbond substituents is 1. The lowest BCUT2D eigenvalue weighted by Gasteiger charge is -2.42. The van der Waals surface area contributed by atoms with Gasteiger partial charge < -0.3 is 15.1 Å². The predicted molar refractivity (Wildman–Crippen MR) is 128 cm³/mol. The van der Waals surface area contributed by atoms with Crippen molar-refractivity contribution in [2.75, 3.05) is 24.5 Å². The number of hydrogen-bond donors (Lipinski definition) is 2. The van der Waals surface area contributed by atoms with Gasteiger partial charge in [0, 0.05) is 31.4 Å². The Bertz CT molecular complexity index is 1240. The van der Waals surface area contributed by atoms with Crippen molar-refractivity contribution in [1.29, 1.82) is 0 Å². The number of halogens is 3. The molecule has 0 aliphatic carbocycles. The highest BCUT2D eigenvalue weighted by atomic mass is 32.2. The Morgan fingerprint density at radius 2 is 1.69 bits per heavy atom. The highest BCUT2D eigenvalue weighted by Crippen LogP contribution is 2.39. The Balaban J connectivity index is 1.63. The number of piperazine rings is 1. The number of hydrogen-bond acceptors (Lipinski definition) is 6. The molecule has 2 heterocycles. The number of aliphatic hydroxyl groups is 1. The molecule has 1 saturated heterocycles. The molecule has 3 aromatic rings. The van der Waals surface area contributed by atoms with Crippen molar-refractivity contribution < 1.29 is 31.8 Å². The van der Waals surface area contributed by atoms with Crippen LogP contribution in [-0.4, -0.2) is 54.8 Å². The third-order valence-electron chi connectivity index (χ3n) is 6.26. The van der Waals surface area contributed by atoms with Crippen LogP contribution in [0.15, 0.2) is 70.3 Å². The van der Waals surface area contributed by atoms with Crippen LogP contribution in [0, 0.1) is 0 Å². The molecule has 1 aliphatic heterocycles. The highest BCUT2D eigenvalue weighted by molar-refractivity contribution is 7.91. The number of rotatable bonds is 6. The normalized spacial score (nSPS) is 19.5. The van der Waals surface area contributed by atoms with Gasteiger partial charge in [0.1, 0.15) is 9.96 Å². The van der Waals surface area contributed by atoms with Crippen molar-refractivity contribution in [1.82, 2.24) is 4.31 Å². The molecule has 1 aliphatic rings. The largest absolute Gasteiger partial charge is 0.508 e. The molecule has 0 spiro atoms. The Kier molecular flexibility index (Phi) is 6.89. The van der Waals surface area contributed by atoms with Crippen molar-refractivity contribution in [3.63, 3.8) is 0 Å². The quantitative estimate of drug-likeness (QED) is 0.499. The van der Waals surface area contributed by atoms with Gasteiger partial charge in [-0.05, 0) is 60.2 Å². The SMILES string of the molecule is CC(O)(c1ccc(N2CCN(S(=O)(=O)c3cccs3)C[C@H]2Cc2ccc(O)cc2)cc1)C(F)(F)F. The number of phenols is 1. The van der Waals surface area contributed by atoms with E-state index in [4.69, 9.17) is 0 Å². The minimum absolute atomic E-state index is 0.114. The van der Waals surface area contributed by atoms with Crippen molar-refractivity contribution in [3.05, 3.63) is 77.2 Å². The number of sulfonamides is 1. The van der Waals surface area contributed by atoms with Gasteiger partial charge in [0.2, 0.25) is 0 Å². The molecule has 1 fully saturated rings. The van der Waals surface area contributed by atoms with Crippen LogP contribution in [0.1, 0.15) is 18.1 Å². The maximum absolute atomic E-state index is 13.2. The third-order valence-corrected chi connectivity index (χ3v) is 9.49. The predicted octanol–water partition coefficient (Wildman–Crippen LogP) is 4.35. The van der Waals surface area contributed by atoms with Crippen LogP contribution in [0.5, 0.6) is 5.75 Å². The second-order valence-electron chi connectivity index (χ2n) is 8.63. The van der Waals surface area contributed by atoms with Crippen molar-refractivity contribution in [2.24, 2.45) is 0 Å². The van der Waals surface area contributed by atoms with Gasteiger partial charge in [0.05, 0.1) is 0 Å². The van der Waals surface area contributed by atoms with Gasteiger partial charge in [0.15, 0.2) is 5.60 Å². The van der Waals surface area contributed by atoms with E-state index in [0.717, 1.165) is 16.9 Å². The van der Waals surface area contributed by atoms with E-state index in [1.807, 2.05) is 4.90 Å². The van der Waals surface area contributed by atoms with Gasteiger partial charge in [-0.3, -0.25) is 0 Å². The topological polar surface area (TPSA) is 81.1 Å². The summed E-state index contributed by atoms with van der Waals surface area (Å²) in [5.41, 5.74) is -1.75. The molecule has 6 nitrogen and oxygen atoms in total. The first kappa shape index (κ1) is 25.5. The lowest BCUT2D eigenvalue weighted by atomic mass is 9.94. The van der Waals surface area contributed by atoms with Crippen molar-refractivity contribution >= 4 is 27.0 Å². The number of alkyl halides is 3. The average molecular weight is 527 g/mol. The zero-order chi connectivity index (χ0) is 25.4. The number of benzene rings is 2. The van der Waals surface area contributed by atoms with Gasteiger partial charge in [-0.25, -0.2) is 8.42 Å². The Morgan fingerprint density at radius 1 is 1.03 bits per heavy atom. The average Bonchev–Trinajstić information content (AvgIpc) is 3.36. The fraction of sp³-hybridized carbons (Fsp3) is 0.333. The Hall–Kier alpha value is -2.60. The van der Waals surface area contributed by atoms with Crippen LogP contribution in [0.3, 0.4) is 0 Å². The van der Waals surface area contributed by atoms with Crippen LogP contribution in [-0.2, 0) is 22.0 Å². The van der Waals surface area contributed by atoms with Crippen molar-refractivity contribution in [2.45, 2.75) is 35.4 Å². The molecule has 0 bridgehead atoms. The van der Waals surface area contributed by atoms with E-state index >= 15 is 0 Å². The summed E-state index contributed by atoms with van der Waals surface area (Å²) in [6.45, 7) is 1.45. The third kappa shape index (κ3) is 5.18. The molecule has 35 heavy (non-hydrogen) atoms. The minimum Gasteiger partial charge on any atom is -0.508 e. The van der Waals surface area contributed by atoms with Gasteiger partial charge in [-0.15, -0.1) is 11.3 Å². The molecule has 0 saturated carbocycles. The first-order valence-corrected chi connectivity index (χ1v) is 13.2. The molecule has 0 radical (unpaired) electrons. The van der Waals surface area contributed by atoms with Crippen molar-refractivity contribution in [3.8, 4) is 5.75 Å². The summed E-state index contributed by atoms with van der Waals surface area (Å²) in [5, 5.41) is 21.3. The first-order valence-electron chi connectivity index (χ1n) is 10.9. The maximum atomic E-state index is 13.2. The summed E-state index contributed by atoms with van der Waals surface area (Å²) in [5.74, 6) is 0.114. The number of nitrogens with zero attached hydrogens (tertiary/aromatic N) is 2. The fourth-order valence-corrected chi connectivity index (χ4v) is 6.76. The highest BCUT2D eigenvalue weighted by Gasteiger charge is 2.51. The van der Waals surface area contributed by atoms with Gasteiger partial charge in [-0.1, -0.05) is 30.3 Å². The molecule has 1 unspecified atom stereocenters. The number of aromatic hydroxyl groups is 1. The van der Waals surface area contributed by atoms with E-state index in [2.05, 4.69) is 0 Å². The number of thiophene rings is 1. The van der Waals surface area contributed by atoms with Crippen LogP contribution in [0.4, 0.5) is 18.9 Å². The van der Waals surface area contributed by atoms with E-state index in [0.29, 0.717) is 25.6 Å². The van der Waals surface area contributed by atoms with Crippen LogP contribution >= 0.6 is 11.3 Å². The molecular formula is C24H25F3N2O4S2. The Morgan fingerprint density at radius 3 is 2.26 bits per heavy atom.